The van der Waals surface area contributed by atoms with Crippen molar-refractivity contribution < 1.29 is 19.0 Å². The normalized spacial score (nSPS) is 10.7. The molecule has 2 N–H and O–H groups in total. The molecule has 0 saturated carbocycles. The van der Waals surface area contributed by atoms with Crippen molar-refractivity contribution in [3.05, 3.63) is 52.5 Å². The average Bonchev–Trinajstić information content (AvgIpc) is 2.76. The first-order valence-corrected chi connectivity index (χ1v) is 11.1. The Morgan fingerprint density at radius 1 is 1.06 bits per heavy atom. The number of methoxy groups -OCH3 is 1. The van der Waals surface area contributed by atoms with E-state index >= 15 is 0 Å². The Balaban J connectivity index is 1.81. The van der Waals surface area contributed by atoms with Crippen molar-refractivity contribution in [1.82, 2.24) is 5.32 Å². The minimum Gasteiger partial charge on any atom is -0.493 e. The van der Waals surface area contributed by atoms with Gasteiger partial charge in [0.1, 0.15) is 0 Å². The van der Waals surface area contributed by atoms with E-state index in [1.54, 1.807) is 13.2 Å². The van der Waals surface area contributed by atoms with Crippen LogP contribution in [0.4, 0.5) is 5.69 Å². The Kier molecular flexibility index (Phi) is 11.2. The summed E-state index contributed by atoms with van der Waals surface area (Å²) < 4.78 is 16.6. The maximum atomic E-state index is 12.2. The van der Waals surface area contributed by atoms with Crippen molar-refractivity contribution in [1.29, 1.82) is 0 Å². The van der Waals surface area contributed by atoms with E-state index < -0.39 is 0 Å². The van der Waals surface area contributed by atoms with E-state index in [4.69, 9.17) is 25.8 Å². The summed E-state index contributed by atoms with van der Waals surface area (Å²) in [4.78, 5) is 12.2. The van der Waals surface area contributed by atoms with Crippen molar-refractivity contribution in [2.75, 3.05) is 38.8 Å². The molecule has 7 heteroatoms. The number of amides is 1. The molecule has 0 unspecified atom stereocenters. The second-order valence-electron chi connectivity index (χ2n) is 7.29. The molecule has 0 atom stereocenters. The molecule has 0 aliphatic heterocycles. The second kappa shape index (κ2) is 13.9. The fourth-order valence-corrected chi connectivity index (χ4v) is 3.05. The number of rotatable bonds is 14. The molecule has 6 nitrogen and oxygen atoms in total. The Hall–Kier alpha value is -2.28. The fraction of sp³-hybridized carbons (Fsp3) is 0.458. The van der Waals surface area contributed by atoms with E-state index in [9.17, 15) is 4.79 Å². The van der Waals surface area contributed by atoms with Crippen LogP contribution in [0.25, 0.3) is 0 Å². The highest BCUT2D eigenvalue weighted by atomic mass is 35.5. The lowest BCUT2D eigenvalue weighted by molar-refractivity contribution is -0.118. The first-order chi connectivity index (χ1) is 15.0. The number of benzene rings is 2. The van der Waals surface area contributed by atoms with E-state index in [1.165, 1.54) is 0 Å². The third kappa shape index (κ3) is 9.17. The Morgan fingerprint density at radius 3 is 2.52 bits per heavy atom. The van der Waals surface area contributed by atoms with Gasteiger partial charge in [0.15, 0.2) is 18.1 Å². The number of hydrogen-bond acceptors (Lipinski definition) is 5. The lowest BCUT2D eigenvalue weighted by atomic mass is 10.2. The molecular weight excluding hydrogens is 416 g/mol. The number of carbonyl (C=O) groups excluding carboxylic acids is 1. The summed E-state index contributed by atoms with van der Waals surface area (Å²) in [5, 5.41) is 6.72. The minimum atomic E-state index is -0.256. The molecule has 31 heavy (non-hydrogen) atoms. The molecule has 0 aliphatic carbocycles. The fourth-order valence-electron chi connectivity index (χ4n) is 2.83. The van der Waals surface area contributed by atoms with Crippen LogP contribution < -0.4 is 20.1 Å². The van der Waals surface area contributed by atoms with Crippen LogP contribution in [-0.2, 0) is 16.1 Å². The van der Waals surface area contributed by atoms with Gasteiger partial charge in [-0.3, -0.25) is 4.79 Å². The van der Waals surface area contributed by atoms with E-state index in [0.717, 1.165) is 55.8 Å². The monoisotopic (exact) mass is 448 g/mol. The predicted molar refractivity (Wildman–Crippen MR) is 125 cm³/mol. The third-order valence-corrected chi connectivity index (χ3v) is 4.98. The SMILES string of the molecule is CCCCOCCCNCc1cc(OC)c(OCC(=O)Nc2ccc(C)cc2)cc1Cl. The van der Waals surface area contributed by atoms with E-state index in [2.05, 4.69) is 17.6 Å². The highest BCUT2D eigenvalue weighted by Crippen LogP contribution is 2.33. The Labute approximate surface area is 190 Å². The van der Waals surface area contributed by atoms with Gasteiger partial charge in [-0.15, -0.1) is 0 Å². The molecule has 2 aromatic rings. The standard InChI is InChI=1S/C24H33ClN2O4/c1-4-5-12-30-13-6-11-26-16-19-14-22(29-3)23(15-21(19)25)31-17-24(28)27-20-9-7-18(2)8-10-20/h7-10,14-15,26H,4-6,11-13,16-17H2,1-3H3,(H,27,28). The van der Waals surface area contributed by atoms with Gasteiger partial charge in [-0.1, -0.05) is 42.6 Å². The molecule has 0 spiro atoms. The smallest absolute Gasteiger partial charge is 0.262 e. The molecule has 0 radical (unpaired) electrons. The number of hydrogen-bond donors (Lipinski definition) is 2. The Morgan fingerprint density at radius 2 is 1.81 bits per heavy atom. The molecule has 0 saturated heterocycles. The largest absolute Gasteiger partial charge is 0.493 e. The Bertz CT molecular complexity index is 812. The van der Waals surface area contributed by atoms with Crippen molar-refractivity contribution in [2.45, 2.75) is 39.7 Å². The first-order valence-electron chi connectivity index (χ1n) is 10.7. The van der Waals surface area contributed by atoms with Crippen LogP contribution in [0.15, 0.2) is 36.4 Å². The molecule has 2 aromatic carbocycles. The van der Waals surface area contributed by atoms with E-state index in [0.29, 0.717) is 23.1 Å². The van der Waals surface area contributed by atoms with E-state index in [-0.39, 0.29) is 12.5 Å². The van der Waals surface area contributed by atoms with Crippen LogP contribution >= 0.6 is 11.6 Å². The van der Waals surface area contributed by atoms with Gasteiger partial charge in [-0.25, -0.2) is 0 Å². The number of nitrogens with one attached hydrogen (secondary N) is 2. The zero-order valence-electron chi connectivity index (χ0n) is 18.6. The second-order valence-corrected chi connectivity index (χ2v) is 7.70. The first kappa shape index (κ1) is 25.0. The van der Waals surface area contributed by atoms with Crippen molar-refractivity contribution in [2.24, 2.45) is 0 Å². The minimum absolute atomic E-state index is 0.143. The van der Waals surface area contributed by atoms with E-state index in [1.807, 2.05) is 37.3 Å². The molecule has 0 aliphatic rings. The zero-order valence-corrected chi connectivity index (χ0v) is 19.4. The third-order valence-electron chi connectivity index (χ3n) is 4.63. The summed E-state index contributed by atoms with van der Waals surface area (Å²) >= 11 is 6.41. The lowest BCUT2D eigenvalue weighted by Crippen LogP contribution is -2.20. The quantitative estimate of drug-likeness (QED) is 0.399. The van der Waals surface area contributed by atoms with Crippen LogP contribution in [0, 0.1) is 6.92 Å². The summed E-state index contributed by atoms with van der Waals surface area (Å²) in [5.74, 6) is 0.709. The number of aryl methyl sites for hydroxylation is 1. The van der Waals surface area contributed by atoms with Gasteiger partial charge >= 0.3 is 0 Å². The highest BCUT2D eigenvalue weighted by Gasteiger charge is 2.12. The summed E-state index contributed by atoms with van der Waals surface area (Å²) in [6.45, 7) is 7.02. The number of carbonyl (C=O) groups is 1. The van der Waals surface area contributed by atoms with Gasteiger partial charge in [-0.05, 0) is 50.1 Å². The molecule has 0 fully saturated rings. The maximum Gasteiger partial charge on any atom is 0.262 e. The molecule has 0 heterocycles. The highest BCUT2D eigenvalue weighted by molar-refractivity contribution is 6.31. The predicted octanol–water partition coefficient (Wildman–Crippen LogP) is 4.97. The summed E-state index contributed by atoms with van der Waals surface area (Å²) in [6, 6.07) is 11.1. The van der Waals surface area contributed by atoms with Crippen LogP contribution in [0.1, 0.15) is 37.3 Å². The molecule has 170 valence electrons. The molecule has 2 rings (SSSR count). The van der Waals surface area contributed by atoms with Gasteiger partial charge < -0.3 is 24.8 Å². The number of unbranched alkanes of at least 4 members (excludes halogenated alkanes) is 1. The summed E-state index contributed by atoms with van der Waals surface area (Å²) in [6.07, 6.45) is 3.19. The van der Waals surface area contributed by atoms with Crippen molar-refractivity contribution in [3.8, 4) is 11.5 Å². The van der Waals surface area contributed by atoms with Crippen LogP contribution in [0.2, 0.25) is 5.02 Å². The number of ether oxygens (including phenoxy) is 3. The number of anilines is 1. The van der Waals surface area contributed by atoms with Crippen LogP contribution in [-0.4, -0.2) is 39.4 Å². The summed E-state index contributed by atoms with van der Waals surface area (Å²) in [7, 11) is 1.56. The molecule has 0 bridgehead atoms. The topological polar surface area (TPSA) is 68.8 Å². The van der Waals surface area contributed by atoms with Crippen LogP contribution in [0.5, 0.6) is 11.5 Å². The van der Waals surface area contributed by atoms with Gasteiger partial charge in [0.2, 0.25) is 0 Å². The van der Waals surface area contributed by atoms with Crippen molar-refractivity contribution >= 4 is 23.2 Å². The van der Waals surface area contributed by atoms with Gasteiger partial charge in [-0.2, -0.15) is 0 Å². The van der Waals surface area contributed by atoms with Crippen LogP contribution in [0.3, 0.4) is 0 Å². The average molecular weight is 449 g/mol. The summed E-state index contributed by atoms with van der Waals surface area (Å²) in [5.41, 5.74) is 2.76. The number of halogens is 1. The lowest BCUT2D eigenvalue weighted by Gasteiger charge is -2.14. The van der Waals surface area contributed by atoms with Gasteiger partial charge in [0.25, 0.3) is 5.91 Å². The van der Waals surface area contributed by atoms with Crippen molar-refractivity contribution in [3.63, 3.8) is 0 Å². The zero-order chi connectivity index (χ0) is 22.5. The van der Waals surface area contributed by atoms with Gasteiger partial charge in [0.05, 0.1) is 7.11 Å². The molecular formula is C24H33ClN2O4. The van der Waals surface area contributed by atoms with Gasteiger partial charge in [0, 0.05) is 36.5 Å². The molecule has 1 amide bonds. The molecule has 0 aromatic heterocycles. The maximum absolute atomic E-state index is 12.2.